The number of halogens is 3. The summed E-state index contributed by atoms with van der Waals surface area (Å²) in [6.45, 7) is 23.5. The summed E-state index contributed by atoms with van der Waals surface area (Å²) in [6.07, 6.45) is 0. The van der Waals surface area contributed by atoms with Crippen molar-refractivity contribution < 1.29 is 58.9 Å². The first-order valence-electron chi connectivity index (χ1n) is 11.3. The normalized spacial score (nSPS) is 11.5. The van der Waals surface area contributed by atoms with Gasteiger partial charge >= 0.3 is 21.7 Å². The molecular formula is C28H39Cl3Si2Ti. The number of benzene rings is 2. The molecule has 0 spiro atoms. The molecule has 0 aliphatic heterocycles. The van der Waals surface area contributed by atoms with E-state index in [1.54, 1.807) is 21.1 Å². The number of hydrogen-bond acceptors (Lipinski definition) is 0. The van der Waals surface area contributed by atoms with Crippen LogP contribution in [0.2, 0.25) is 19.6 Å². The molecule has 6 heteroatoms. The smallest absolute Gasteiger partial charge is 1.00 e. The average molecular weight is 586 g/mol. The zero-order valence-corrected chi connectivity index (χ0v) is 28.4. The van der Waals surface area contributed by atoms with E-state index in [1.165, 1.54) is 45.0 Å². The summed E-state index contributed by atoms with van der Waals surface area (Å²) in [5.41, 5.74) is 11.9. The second-order valence-electron chi connectivity index (χ2n) is 10.5. The summed E-state index contributed by atoms with van der Waals surface area (Å²) < 4.78 is 0. The van der Waals surface area contributed by atoms with Gasteiger partial charge in [0.05, 0.1) is 8.07 Å². The van der Waals surface area contributed by atoms with Crippen molar-refractivity contribution in [3.8, 4) is 0 Å². The molecule has 34 heavy (non-hydrogen) atoms. The van der Waals surface area contributed by atoms with Crippen molar-refractivity contribution in [1.29, 1.82) is 0 Å². The molecule has 1 unspecified atom stereocenters. The molecule has 0 aromatic heterocycles. The van der Waals surface area contributed by atoms with Gasteiger partial charge in [0.2, 0.25) is 0 Å². The molecule has 1 atom stereocenters. The summed E-state index contributed by atoms with van der Waals surface area (Å²) >= 11 is 0. The molecule has 0 heterocycles. The number of rotatable bonds is 5. The van der Waals surface area contributed by atoms with Crippen LogP contribution in [-0.4, -0.2) is 16.9 Å². The van der Waals surface area contributed by atoms with Crippen LogP contribution in [0.1, 0.15) is 44.5 Å². The first-order valence-corrected chi connectivity index (χ1v) is 16.8. The Kier molecular flexibility index (Phi) is 14.7. The molecule has 0 fully saturated rings. The molecule has 0 aliphatic rings. The monoisotopic (exact) mass is 584 g/mol. The quantitative estimate of drug-likeness (QED) is 0.213. The van der Waals surface area contributed by atoms with Crippen LogP contribution in [0.4, 0.5) is 0 Å². The predicted octanol–water partition coefficient (Wildman–Crippen LogP) is -3.76. The molecule has 0 aliphatic carbocycles. The SMILES string of the molecule is Cc1cc([SiH](Cc2c(C)c(C)c(C)[c-]2C)c2ccc(C)cc2C)cc([Si](C)(C)C)c1.[Cl-].[Cl-].[Cl-].[Ti+4]. The van der Waals surface area contributed by atoms with Crippen LogP contribution in [0.5, 0.6) is 0 Å². The van der Waals surface area contributed by atoms with Gasteiger partial charge in [0, 0.05) is 0 Å². The van der Waals surface area contributed by atoms with Crippen molar-refractivity contribution in [2.45, 2.75) is 74.2 Å². The van der Waals surface area contributed by atoms with Crippen LogP contribution >= 0.6 is 0 Å². The second-order valence-corrected chi connectivity index (χ2v) is 18.4. The maximum absolute atomic E-state index is 2.59. The van der Waals surface area contributed by atoms with Crippen molar-refractivity contribution in [2.24, 2.45) is 0 Å². The van der Waals surface area contributed by atoms with Crippen molar-refractivity contribution >= 4 is 32.4 Å². The van der Waals surface area contributed by atoms with Crippen LogP contribution in [0.15, 0.2) is 36.4 Å². The van der Waals surface area contributed by atoms with E-state index < -0.39 is 16.9 Å². The predicted molar refractivity (Wildman–Crippen MR) is 141 cm³/mol. The van der Waals surface area contributed by atoms with E-state index in [9.17, 15) is 0 Å². The first kappa shape index (κ1) is 36.0. The van der Waals surface area contributed by atoms with E-state index in [2.05, 4.69) is 105 Å². The zero-order valence-electron chi connectivity index (χ0n) is 22.4. The van der Waals surface area contributed by atoms with Gasteiger partial charge in [-0.15, -0.1) is 0 Å². The molecule has 3 rings (SSSR count). The van der Waals surface area contributed by atoms with Gasteiger partial charge in [-0.25, -0.2) is 0 Å². The molecule has 0 nitrogen and oxygen atoms in total. The number of hydrogen-bond donors (Lipinski definition) is 0. The molecule has 3 aromatic rings. The number of aryl methyl sites for hydroxylation is 3. The van der Waals surface area contributed by atoms with Crippen molar-refractivity contribution in [2.75, 3.05) is 0 Å². The Hall–Kier alpha value is -0.192. The molecule has 0 amide bonds. The Morgan fingerprint density at radius 1 is 0.765 bits per heavy atom. The van der Waals surface area contributed by atoms with Gasteiger partial charge in [0.1, 0.15) is 8.80 Å². The van der Waals surface area contributed by atoms with Crippen LogP contribution in [0.25, 0.3) is 0 Å². The molecular weight excluding hydrogens is 547 g/mol. The van der Waals surface area contributed by atoms with E-state index >= 15 is 0 Å². The molecule has 184 valence electrons. The Labute approximate surface area is 244 Å². The molecule has 0 N–H and O–H groups in total. The average Bonchev–Trinajstić information content (AvgIpc) is 2.83. The molecule has 0 bridgehead atoms. The largest absolute Gasteiger partial charge is 4.00 e. The van der Waals surface area contributed by atoms with Gasteiger partial charge in [0.15, 0.2) is 0 Å². The van der Waals surface area contributed by atoms with Crippen molar-refractivity contribution in [3.05, 3.63) is 80.9 Å². The molecule has 0 radical (unpaired) electrons. The summed E-state index contributed by atoms with van der Waals surface area (Å²) in [5.74, 6) is 0. The minimum atomic E-state index is -1.41. The van der Waals surface area contributed by atoms with Gasteiger partial charge in [-0.3, -0.25) is 0 Å². The van der Waals surface area contributed by atoms with Crippen molar-refractivity contribution in [3.63, 3.8) is 0 Å². The fourth-order valence-corrected chi connectivity index (χ4v) is 9.95. The topological polar surface area (TPSA) is 0 Å². The van der Waals surface area contributed by atoms with E-state index in [1.807, 2.05) is 0 Å². The van der Waals surface area contributed by atoms with Crippen LogP contribution in [0.3, 0.4) is 0 Å². The van der Waals surface area contributed by atoms with E-state index in [-0.39, 0.29) is 58.9 Å². The van der Waals surface area contributed by atoms with Crippen LogP contribution in [-0.2, 0) is 27.8 Å². The molecule has 0 saturated heterocycles. The van der Waals surface area contributed by atoms with Gasteiger partial charge in [-0.2, -0.15) is 27.8 Å². The van der Waals surface area contributed by atoms with Crippen LogP contribution in [0, 0.1) is 48.5 Å². The third-order valence-corrected chi connectivity index (χ3v) is 12.5. The Bertz CT molecular complexity index is 1070. The minimum Gasteiger partial charge on any atom is -1.00 e. The second kappa shape index (κ2) is 13.9. The van der Waals surface area contributed by atoms with Gasteiger partial charge in [-0.1, -0.05) is 116 Å². The van der Waals surface area contributed by atoms with Gasteiger partial charge in [0.25, 0.3) is 0 Å². The van der Waals surface area contributed by atoms with Gasteiger partial charge < -0.3 is 37.2 Å². The third-order valence-electron chi connectivity index (χ3n) is 7.17. The third kappa shape index (κ3) is 7.65. The zero-order chi connectivity index (χ0) is 22.4. The standard InChI is InChI=1S/C28H39Si2.3ClH.Ti/c1-18-11-12-28(20(3)13-18)29(17-27-23(6)21(4)22(5)24(27)7)25-14-19(2)15-26(16-25)30(8,9)10;;;;/h11-16,29H,17H2,1-10H3;3*1H;/q-1;;;;+4/p-3. The summed E-state index contributed by atoms with van der Waals surface area (Å²) in [7, 11) is -2.77. The summed E-state index contributed by atoms with van der Waals surface area (Å²) in [5, 5.41) is 4.83. The summed E-state index contributed by atoms with van der Waals surface area (Å²) in [6, 6.07) is 15.9. The van der Waals surface area contributed by atoms with Crippen LogP contribution < -0.4 is 52.8 Å². The molecule has 3 aromatic carbocycles. The van der Waals surface area contributed by atoms with E-state index in [0.29, 0.717) is 0 Å². The summed E-state index contributed by atoms with van der Waals surface area (Å²) in [4.78, 5) is 0. The minimum absolute atomic E-state index is 0. The molecule has 0 saturated carbocycles. The first-order chi connectivity index (χ1) is 13.9. The fraction of sp³-hybridized carbons (Fsp3) is 0.393. The fourth-order valence-electron chi connectivity index (χ4n) is 4.88. The van der Waals surface area contributed by atoms with E-state index in [0.717, 1.165) is 0 Å². The Morgan fingerprint density at radius 3 is 1.82 bits per heavy atom. The van der Waals surface area contributed by atoms with Gasteiger partial charge in [-0.05, 0) is 26.8 Å². The maximum Gasteiger partial charge on any atom is 4.00 e. The Balaban J connectivity index is 0. The van der Waals surface area contributed by atoms with Crippen molar-refractivity contribution in [1.82, 2.24) is 0 Å². The van der Waals surface area contributed by atoms with E-state index in [4.69, 9.17) is 0 Å². The maximum atomic E-state index is 2.59. The Morgan fingerprint density at radius 2 is 1.35 bits per heavy atom.